The molecule has 0 spiro atoms. The van der Waals surface area contributed by atoms with Crippen molar-refractivity contribution in [3.63, 3.8) is 0 Å². The van der Waals surface area contributed by atoms with E-state index in [0.29, 0.717) is 24.3 Å². The zero-order valence-corrected chi connectivity index (χ0v) is 10.7. The molecule has 1 aromatic rings. The standard InChI is InChI=1S/C14H21NO3/c1-18-13-4-2-3-11(14(13)17)9-15-12(7-8-16)10-5-6-10/h2-4,10,12,15-17H,5-9H2,1H3. The molecule has 1 fully saturated rings. The van der Waals surface area contributed by atoms with E-state index in [9.17, 15) is 5.11 Å². The molecular weight excluding hydrogens is 230 g/mol. The number of aromatic hydroxyl groups is 1. The average molecular weight is 251 g/mol. The molecule has 2 rings (SSSR count). The minimum atomic E-state index is 0.200. The second kappa shape index (κ2) is 6.07. The summed E-state index contributed by atoms with van der Waals surface area (Å²) in [5.74, 6) is 1.38. The lowest BCUT2D eigenvalue weighted by Gasteiger charge is -2.18. The van der Waals surface area contributed by atoms with Gasteiger partial charge >= 0.3 is 0 Å². The molecule has 0 bridgehead atoms. The largest absolute Gasteiger partial charge is 0.504 e. The molecule has 18 heavy (non-hydrogen) atoms. The molecule has 0 heterocycles. The lowest BCUT2D eigenvalue weighted by Crippen LogP contribution is -2.31. The molecule has 1 atom stereocenters. The van der Waals surface area contributed by atoms with Crippen LogP contribution in [0.5, 0.6) is 11.5 Å². The van der Waals surface area contributed by atoms with Crippen LogP contribution in [0, 0.1) is 5.92 Å². The van der Waals surface area contributed by atoms with Crippen LogP contribution in [-0.4, -0.2) is 30.0 Å². The van der Waals surface area contributed by atoms with Crippen LogP contribution in [-0.2, 0) is 6.54 Å². The highest BCUT2D eigenvalue weighted by Crippen LogP contribution is 2.35. The van der Waals surface area contributed by atoms with Gasteiger partial charge in [-0.3, -0.25) is 0 Å². The van der Waals surface area contributed by atoms with Crippen LogP contribution >= 0.6 is 0 Å². The Balaban J connectivity index is 1.96. The van der Waals surface area contributed by atoms with Gasteiger partial charge in [-0.2, -0.15) is 0 Å². The third kappa shape index (κ3) is 3.15. The van der Waals surface area contributed by atoms with Gasteiger partial charge in [-0.1, -0.05) is 12.1 Å². The van der Waals surface area contributed by atoms with Crippen molar-refractivity contribution >= 4 is 0 Å². The first-order valence-corrected chi connectivity index (χ1v) is 6.45. The Morgan fingerprint density at radius 2 is 2.22 bits per heavy atom. The Bertz CT molecular complexity index is 391. The second-order valence-electron chi connectivity index (χ2n) is 4.81. The van der Waals surface area contributed by atoms with Gasteiger partial charge in [-0.05, 0) is 31.2 Å². The lowest BCUT2D eigenvalue weighted by atomic mass is 10.1. The number of hydrogen-bond acceptors (Lipinski definition) is 4. The fraction of sp³-hybridized carbons (Fsp3) is 0.571. The summed E-state index contributed by atoms with van der Waals surface area (Å²) in [7, 11) is 1.55. The number of phenols is 1. The maximum Gasteiger partial charge on any atom is 0.162 e. The predicted octanol–water partition coefficient (Wildman–Crippen LogP) is 1.65. The first-order valence-electron chi connectivity index (χ1n) is 6.45. The van der Waals surface area contributed by atoms with Gasteiger partial charge in [-0.25, -0.2) is 0 Å². The highest BCUT2D eigenvalue weighted by Gasteiger charge is 2.30. The van der Waals surface area contributed by atoms with E-state index in [1.54, 1.807) is 13.2 Å². The molecule has 1 unspecified atom stereocenters. The van der Waals surface area contributed by atoms with E-state index in [0.717, 1.165) is 12.0 Å². The van der Waals surface area contributed by atoms with E-state index in [4.69, 9.17) is 9.84 Å². The van der Waals surface area contributed by atoms with Gasteiger partial charge in [0.15, 0.2) is 11.5 Å². The molecule has 0 aliphatic heterocycles. The van der Waals surface area contributed by atoms with Crippen molar-refractivity contribution < 1.29 is 14.9 Å². The highest BCUT2D eigenvalue weighted by atomic mass is 16.5. The van der Waals surface area contributed by atoms with E-state index in [2.05, 4.69) is 5.32 Å². The number of para-hydroxylation sites is 1. The van der Waals surface area contributed by atoms with Gasteiger partial charge in [0.25, 0.3) is 0 Å². The summed E-state index contributed by atoms with van der Waals surface area (Å²) in [4.78, 5) is 0. The third-order valence-electron chi connectivity index (χ3n) is 3.49. The van der Waals surface area contributed by atoms with Gasteiger partial charge in [0, 0.05) is 24.8 Å². The van der Waals surface area contributed by atoms with Crippen molar-refractivity contribution in [2.75, 3.05) is 13.7 Å². The molecule has 1 aromatic carbocycles. The van der Waals surface area contributed by atoms with Gasteiger partial charge in [0.1, 0.15) is 0 Å². The molecule has 1 aliphatic carbocycles. The molecule has 1 aliphatic rings. The predicted molar refractivity (Wildman–Crippen MR) is 69.7 cm³/mol. The molecule has 0 amide bonds. The quantitative estimate of drug-likeness (QED) is 0.689. The molecule has 4 nitrogen and oxygen atoms in total. The molecule has 100 valence electrons. The van der Waals surface area contributed by atoms with Gasteiger partial charge in [0.2, 0.25) is 0 Å². The Morgan fingerprint density at radius 1 is 1.44 bits per heavy atom. The Hall–Kier alpha value is -1.26. The second-order valence-corrected chi connectivity index (χ2v) is 4.81. The topological polar surface area (TPSA) is 61.7 Å². The third-order valence-corrected chi connectivity index (χ3v) is 3.49. The van der Waals surface area contributed by atoms with Crippen molar-refractivity contribution in [1.29, 1.82) is 0 Å². The summed E-state index contributed by atoms with van der Waals surface area (Å²) in [6.45, 7) is 0.808. The van der Waals surface area contributed by atoms with Crippen LogP contribution in [0.1, 0.15) is 24.8 Å². The number of ether oxygens (including phenoxy) is 1. The number of rotatable bonds is 7. The van der Waals surface area contributed by atoms with E-state index >= 15 is 0 Å². The van der Waals surface area contributed by atoms with Crippen LogP contribution < -0.4 is 10.1 Å². The zero-order chi connectivity index (χ0) is 13.0. The van der Waals surface area contributed by atoms with E-state index in [1.807, 2.05) is 12.1 Å². The molecule has 3 N–H and O–H groups in total. The first kappa shape index (κ1) is 13.2. The molecule has 0 aromatic heterocycles. The van der Waals surface area contributed by atoms with Crippen molar-refractivity contribution in [2.45, 2.75) is 31.8 Å². The first-order chi connectivity index (χ1) is 8.76. The van der Waals surface area contributed by atoms with Crippen LogP contribution in [0.25, 0.3) is 0 Å². The summed E-state index contributed by atoms with van der Waals surface area (Å²) in [6, 6.07) is 5.84. The lowest BCUT2D eigenvalue weighted by molar-refractivity contribution is 0.255. The smallest absolute Gasteiger partial charge is 0.162 e. The van der Waals surface area contributed by atoms with E-state index in [-0.39, 0.29) is 12.4 Å². The zero-order valence-electron chi connectivity index (χ0n) is 10.7. The van der Waals surface area contributed by atoms with Crippen molar-refractivity contribution in [2.24, 2.45) is 5.92 Å². The number of methoxy groups -OCH3 is 1. The number of nitrogens with one attached hydrogen (secondary N) is 1. The summed E-state index contributed by atoms with van der Waals surface area (Å²) in [6.07, 6.45) is 3.25. The summed E-state index contributed by atoms with van der Waals surface area (Å²) < 4.78 is 5.08. The van der Waals surface area contributed by atoms with Crippen molar-refractivity contribution in [1.82, 2.24) is 5.32 Å². The molecule has 0 radical (unpaired) electrons. The van der Waals surface area contributed by atoms with Crippen LogP contribution in [0.4, 0.5) is 0 Å². The molecule has 1 saturated carbocycles. The number of aliphatic hydroxyl groups excluding tert-OH is 1. The Morgan fingerprint density at radius 3 is 2.83 bits per heavy atom. The summed E-state index contributed by atoms with van der Waals surface area (Å²) in [5.41, 5.74) is 0.831. The van der Waals surface area contributed by atoms with Crippen LogP contribution in [0.3, 0.4) is 0 Å². The highest BCUT2D eigenvalue weighted by molar-refractivity contribution is 5.45. The number of phenolic OH excluding ortho intramolecular Hbond substituents is 1. The minimum Gasteiger partial charge on any atom is -0.504 e. The maximum atomic E-state index is 9.97. The monoisotopic (exact) mass is 251 g/mol. The number of aliphatic hydroxyl groups is 1. The van der Waals surface area contributed by atoms with Gasteiger partial charge in [-0.15, -0.1) is 0 Å². The maximum absolute atomic E-state index is 9.97. The number of benzene rings is 1. The molecule has 0 saturated heterocycles. The minimum absolute atomic E-state index is 0.200. The van der Waals surface area contributed by atoms with E-state index < -0.39 is 0 Å². The molecule has 4 heteroatoms. The van der Waals surface area contributed by atoms with Crippen molar-refractivity contribution in [3.8, 4) is 11.5 Å². The molecular formula is C14H21NO3. The van der Waals surface area contributed by atoms with Gasteiger partial charge in [0.05, 0.1) is 7.11 Å². The van der Waals surface area contributed by atoms with E-state index in [1.165, 1.54) is 12.8 Å². The normalized spacial score (nSPS) is 16.6. The summed E-state index contributed by atoms with van der Waals surface area (Å²) in [5, 5.41) is 22.4. The fourth-order valence-corrected chi connectivity index (χ4v) is 2.26. The van der Waals surface area contributed by atoms with Gasteiger partial charge < -0.3 is 20.3 Å². The van der Waals surface area contributed by atoms with Crippen LogP contribution in [0.2, 0.25) is 0 Å². The Kier molecular flexibility index (Phi) is 4.44. The van der Waals surface area contributed by atoms with Crippen LogP contribution in [0.15, 0.2) is 18.2 Å². The Labute approximate surface area is 108 Å². The fourth-order valence-electron chi connectivity index (χ4n) is 2.26. The average Bonchev–Trinajstić information content (AvgIpc) is 3.20. The number of hydrogen-bond donors (Lipinski definition) is 3. The SMILES string of the molecule is COc1cccc(CNC(CCO)C2CC2)c1O. The summed E-state index contributed by atoms with van der Waals surface area (Å²) >= 11 is 0. The van der Waals surface area contributed by atoms with Crippen molar-refractivity contribution in [3.05, 3.63) is 23.8 Å².